The van der Waals surface area contributed by atoms with Crippen LogP contribution in [0.1, 0.15) is 82.7 Å². The molecule has 8 nitrogen and oxygen atoms in total. The van der Waals surface area contributed by atoms with Crippen LogP contribution in [-0.4, -0.2) is 32.1 Å². The zero-order valence-electron chi connectivity index (χ0n) is 14.5. The van der Waals surface area contributed by atoms with Gasteiger partial charge in [0.1, 0.15) is 11.2 Å². The molecule has 2 fully saturated rings. The first-order chi connectivity index (χ1) is 12.5. The smallest absolute Gasteiger partial charge is 0.337 e. The van der Waals surface area contributed by atoms with Crippen molar-refractivity contribution in [3.8, 4) is 0 Å². The van der Waals surface area contributed by atoms with Gasteiger partial charge in [-0.25, -0.2) is 9.78 Å². The fourth-order valence-electron chi connectivity index (χ4n) is 3.50. The number of rotatable bonds is 5. The molecule has 2 aliphatic rings. The number of carbonyl (C=O) groups is 2. The van der Waals surface area contributed by atoms with Crippen molar-refractivity contribution in [3.05, 3.63) is 40.8 Å². The molecule has 8 heteroatoms. The van der Waals surface area contributed by atoms with E-state index in [-0.39, 0.29) is 17.2 Å². The van der Waals surface area contributed by atoms with Crippen LogP contribution in [0.5, 0.6) is 0 Å². The van der Waals surface area contributed by atoms with E-state index in [0.29, 0.717) is 23.3 Å². The Morgan fingerprint density at radius 3 is 2.58 bits per heavy atom. The third-order valence-corrected chi connectivity index (χ3v) is 5.16. The van der Waals surface area contributed by atoms with Crippen molar-refractivity contribution in [3.63, 3.8) is 0 Å². The molecule has 2 N–H and O–H groups in total. The Morgan fingerprint density at radius 1 is 1.23 bits per heavy atom. The summed E-state index contributed by atoms with van der Waals surface area (Å²) < 4.78 is 5.38. The van der Waals surface area contributed by atoms with E-state index in [4.69, 9.17) is 9.63 Å². The molecule has 2 heterocycles. The lowest BCUT2D eigenvalue weighted by Gasteiger charge is -2.26. The molecule has 0 unspecified atom stereocenters. The minimum Gasteiger partial charge on any atom is -0.478 e. The van der Waals surface area contributed by atoms with Gasteiger partial charge in [0.2, 0.25) is 5.89 Å². The maximum atomic E-state index is 12.8. The SMILES string of the molecule is Cc1nc(C(=O)NC2(c3noc(C4CC4)n3)CCCC2)ccc1C(=O)O. The molecule has 0 aromatic carbocycles. The summed E-state index contributed by atoms with van der Waals surface area (Å²) in [4.78, 5) is 32.6. The number of nitrogens with one attached hydrogen (secondary N) is 1. The number of carboxylic acid groups (broad SMARTS) is 1. The normalized spacial score (nSPS) is 18.7. The second-order valence-corrected chi connectivity index (χ2v) is 7.11. The van der Waals surface area contributed by atoms with Crippen molar-refractivity contribution in [2.75, 3.05) is 0 Å². The molecule has 1 amide bonds. The molecule has 2 aromatic heterocycles. The number of nitrogens with zero attached hydrogens (tertiary/aromatic N) is 3. The van der Waals surface area contributed by atoms with Crippen LogP contribution in [0.15, 0.2) is 16.7 Å². The Hall–Kier alpha value is -2.77. The number of hydrogen-bond donors (Lipinski definition) is 2. The second-order valence-electron chi connectivity index (χ2n) is 7.11. The van der Waals surface area contributed by atoms with E-state index in [0.717, 1.165) is 38.5 Å². The molecule has 0 aliphatic heterocycles. The topological polar surface area (TPSA) is 118 Å². The van der Waals surface area contributed by atoms with Crippen LogP contribution in [0.3, 0.4) is 0 Å². The zero-order chi connectivity index (χ0) is 18.3. The highest BCUT2D eigenvalue weighted by molar-refractivity contribution is 5.94. The van der Waals surface area contributed by atoms with Crippen LogP contribution < -0.4 is 5.32 Å². The summed E-state index contributed by atoms with van der Waals surface area (Å²) in [6.07, 6.45) is 5.57. The predicted molar refractivity (Wildman–Crippen MR) is 89.8 cm³/mol. The first-order valence-electron chi connectivity index (χ1n) is 8.86. The highest BCUT2D eigenvalue weighted by atomic mass is 16.5. The number of carboxylic acids is 1. The van der Waals surface area contributed by atoms with E-state index in [2.05, 4.69) is 20.4 Å². The average Bonchev–Trinajstić information content (AvgIpc) is 3.14. The third-order valence-electron chi connectivity index (χ3n) is 5.16. The molecule has 0 spiro atoms. The molecule has 2 saturated carbocycles. The van der Waals surface area contributed by atoms with Gasteiger partial charge in [0.25, 0.3) is 5.91 Å². The quantitative estimate of drug-likeness (QED) is 0.845. The van der Waals surface area contributed by atoms with Gasteiger partial charge in [-0.2, -0.15) is 4.98 Å². The van der Waals surface area contributed by atoms with Gasteiger partial charge in [-0.3, -0.25) is 4.79 Å². The highest BCUT2D eigenvalue weighted by Gasteiger charge is 2.43. The van der Waals surface area contributed by atoms with Gasteiger partial charge < -0.3 is 14.9 Å². The van der Waals surface area contributed by atoms with Crippen LogP contribution in [-0.2, 0) is 5.54 Å². The van der Waals surface area contributed by atoms with Crippen LogP contribution in [0.25, 0.3) is 0 Å². The third kappa shape index (κ3) is 2.95. The summed E-state index contributed by atoms with van der Waals surface area (Å²) in [6.45, 7) is 1.58. The fourth-order valence-corrected chi connectivity index (χ4v) is 3.50. The van der Waals surface area contributed by atoms with Crippen molar-refractivity contribution in [2.24, 2.45) is 0 Å². The average molecular weight is 356 g/mol. The first-order valence-corrected chi connectivity index (χ1v) is 8.86. The maximum absolute atomic E-state index is 12.8. The Balaban J connectivity index is 1.59. The molecule has 2 aromatic rings. The molecular formula is C18H20N4O4. The number of aromatic carboxylic acids is 1. The predicted octanol–water partition coefficient (Wildman–Crippen LogP) is 2.55. The van der Waals surface area contributed by atoms with Crippen molar-refractivity contribution in [2.45, 2.75) is 56.9 Å². The summed E-state index contributed by atoms with van der Waals surface area (Å²) in [5.41, 5.74) is -0.0651. The van der Waals surface area contributed by atoms with Crippen LogP contribution in [0.2, 0.25) is 0 Å². The van der Waals surface area contributed by atoms with E-state index < -0.39 is 11.5 Å². The van der Waals surface area contributed by atoms with E-state index in [9.17, 15) is 9.59 Å². The largest absolute Gasteiger partial charge is 0.478 e. The minimum atomic E-state index is -1.06. The number of pyridine rings is 1. The fraction of sp³-hybridized carbons (Fsp3) is 0.500. The standard InChI is InChI=1S/C18H20N4O4/c1-10-12(16(24)25)6-7-13(19-10)14(23)21-18(8-2-3-9-18)17-20-15(26-22-17)11-4-5-11/h6-7,11H,2-5,8-9H2,1H3,(H,21,23)(H,24,25). The van der Waals surface area contributed by atoms with Gasteiger partial charge in [0.05, 0.1) is 11.3 Å². The number of hydrogen-bond acceptors (Lipinski definition) is 6. The van der Waals surface area contributed by atoms with E-state index >= 15 is 0 Å². The molecule has 0 atom stereocenters. The summed E-state index contributed by atoms with van der Waals surface area (Å²) >= 11 is 0. The minimum absolute atomic E-state index is 0.0874. The summed E-state index contributed by atoms with van der Waals surface area (Å²) in [5.74, 6) is 0.126. The molecule has 4 rings (SSSR count). The molecule has 136 valence electrons. The lowest BCUT2D eigenvalue weighted by atomic mass is 9.96. The van der Waals surface area contributed by atoms with Crippen molar-refractivity contribution < 1.29 is 19.2 Å². The van der Waals surface area contributed by atoms with Gasteiger partial charge in [-0.1, -0.05) is 18.0 Å². The monoisotopic (exact) mass is 356 g/mol. The Morgan fingerprint density at radius 2 is 1.96 bits per heavy atom. The van der Waals surface area contributed by atoms with Crippen LogP contribution in [0, 0.1) is 6.92 Å². The van der Waals surface area contributed by atoms with Crippen molar-refractivity contribution in [1.29, 1.82) is 0 Å². The van der Waals surface area contributed by atoms with E-state index in [1.807, 2.05) is 0 Å². The van der Waals surface area contributed by atoms with Gasteiger partial charge in [-0.15, -0.1) is 0 Å². The summed E-state index contributed by atoms with van der Waals surface area (Å²) in [6, 6.07) is 2.83. The van der Waals surface area contributed by atoms with Crippen LogP contribution in [0.4, 0.5) is 0 Å². The number of aromatic nitrogens is 3. The molecule has 2 aliphatic carbocycles. The number of amides is 1. The lowest BCUT2D eigenvalue weighted by molar-refractivity contribution is 0.0694. The molecule has 0 radical (unpaired) electrons. The van der Waals surface area contributed by atoms with E-state index in [1.54, 1.807) is 6.92 Å². The van der Waals surface area contributed by atoms with E-state index in [1.165, 1.54) is 12.1 Å². The summed E-state index contributed by atoms with van der Waals surface area (Å²) in [7, 11) is 0. The molecule has 0 bridgehead atoms. The Bertz CT molecular complexity index is 866. The lowest BCUT2D eigenvalue weighted by Crippen LogP contribution is -2.45. The Kier molecular flexibility index (Phi) is 3.97. The zero-order valence-corrected chi connectivity index (χ0v) is 14.5. The summed E-state index contributed by atoms with van der Waals surface area (Å²) in [5, 5.41) is 16.3. The Labute approximate surface area is 150 Å². The van der Waals surface area contributed by atoms with Gasteiger partial charge in [0.15, 0.2) is 5.82 Å². The molecule has 26 heavy (non-hydrogen) atoms. The maximum Gasteiger partial charge on any atom is 0.337 e. The highest BCUT2D eigenvalue weighted by Crippen LogP contribution is 2.42. The molecular weight excluding hydrogens is 336 g/mol. The van der Waals surface area contributed by atoms with Crippen LogP contribution >= 0.6 is 0 Å². The van der Waals surface area contributed by atoms with Crippen molar-refractivity contribution >= 4 is 11.9 Å². The van der Waals surface area contributed by atoms with Gasteiger partial charge in [0, 0.05) is 5.92 Å². The molecule has 0 saturated heterocycles. The second kappa shape index (κ2) is 6.19. The number of aryl methyl sites for hydroxylation is 1. The van der Waals surface area contributed by atoms with Gasteiger partial charge >= 0.3 is 5.97 Å². The van der Waals surface area contributed by atoms with Gasteiger partial charge in [-0.05, 0) is 44.7 Å². The first kappa shape index (κ1) is 16.7. The number of carbonyl (C=O) groups excluding carboxylic acids is 1. The van der Waals surface area contributed by atoms with Crippen molar-refractivity contribution in [1.82, 2.24) is 20.4 Å².